The predicted octanol–water partition coefficient (Wildman–Crippen LogP) is 3.60. The monoisotopic (exact) mass is 386 g/mol. The van der Waals surface area contributed by atoms with E-state index >= 15 is 0 Å². The summed E-state index contributed by atoms with van der Waals surface area (Å²) in [5.41, 5.74) is 0. The van der Waals surface area contributed by atoms with E-state index in [9.17, 15) is 9.59 Å². The first kappa shape index (κ1) is 22.6. The van der Waals surface area contributed by atoms with Crippen LogP contribution in [-0.2, 0) is 9.59 Å². The Labute approximate surface area is 92.8 Å². The third-order valence-corrected chi connectivity index (χ3v) is 0. The maximum Gasteiger partial charge on any atom is 0.126 e. The van der Waals surface area contributed by atoms with Gasteiger partial charge in [0, 0.05) is 37.2 Å². The van der Waals surface area contributed by atoms with Crippen LogP contribution in [-0.4, -0.2) is 11.6 Å². The SMILES string of the molecule is C.CC(C)=O.CC(C)=O.II. The molecule has 0 spiro atoms. The summed E-state index contributed by atoms with van der Waals surface area (Å²) in [6.07, 6.45) is 0. The Bertz CT molecular complexity index is 72.4. The maximum atomic E-state index is 9.44. The quantitative estimate of drug-likeness (QED) is 0.597. The number of hydrogen-bond acceptors (Lipinski definition) is 2. The zero-order valence-corrected chi connectivity index (χ0v) is 10.9. The van der Waals surface area contributed by atoms with Gasteiger partial charge in [0.25, 0.3) is 0 Å². The van der Waals surface area contributed by atoms with Gasteiger partial charge < -0.3 is 9.59 Å². The molecule has 0 fully saturated rings. The lowest BCUT2D eigenvalue weighted by molar-refractivity contribution is -0.115. The van der Waals surface area contributed by atoms with E-state index in [1.165, 1.54) is 27.7 Å². The predicted molar refractivity (Wildman–Crippen MR) is 67.5 cm³/mol. The Kier molecular flexibility index (Phi) is 46.1. The molecule has 0 radical (unpaired) electrons. The van der Waals surface area contributed by atoms with E-state index in [2.05, 4.69) is 37.2 Å². The fourth-order valence-corrected chi connectivity index (χ4v) is 0. The summed E-state index contributed by atoms with van der Waals surface area (Å²) in [6.45, 7) is 6.11. The fraction of sp³-hybridized carbons (Fsp3) is 0.714. The molecule has 0 atom stereocenters. The fourth-order valence-electron chi connectivity index (χ4n) is 0. The van der Waals surface area contributed by atoms with Crippen LogP contribution in [0.4, 0.5) is 0 Å². The average molecular weight is 386 g/mol. The summed E-state index contributed by atoms with van der Waals surface area (Å²) in [5.74, 6) is 0.333. The molecule has 0 aromatic rings. The molecule has 70 valence electrons. The molecule has 0 rings (SSSR count). The second kappa shape index (κ2) is 22.4. The number of halogens is 2. The second-order valence-corrected chi connectivity index (χ2v) is 1.82. The molecule has 0 aromatic heterocycles. The molecule has 0 bridgehead atoms. The van der Waals surface area contributed by atoms with E-state index in [4.69, 9.17) is 0 Å². The van der Waals surface area contributed by atoms with E-state index in [-0.39, 0.29) is 19.0 Å². The Morgan fingerprint density at radius 1 is 0.818 bits per heavy atom. The molecule has 0 heterocycles. The van der Waals surface area contributed by atoms with Gasteiger partial charge >= 0.3 is 0 Å². The zero-order valence-electron chi connectivity index (χ0n) is 6.57. The van der Waals surface area contributed by atoms with Crippen molar-refractivity contribution in [3.05, 3.63) is 0 Å². The van der Waals surface area contributed by atoms with Gasteiger partial charge in [-0.2, -0.15) is 0 Å². The van der Waals surface area contributed by atoms with Gasteiger partial charge in [0.2, 0.25) is 0 Å². The van der Waals surface area contributed by atoms with Crippen LogP contribution in [0.3, 0.4) is 0 Å². The van der Waals surface area contributed by atoms with Crippen LogP contribution in [0.15, 0.2) is 0 Å². The Morgan fingerprint density at radius 2 is 0.818 bits per heavy atom. The standard InChI is InChI=1S/2C3H6O.CH4.I2/c2*1-3(2)4;;1-2/h2*1-2H3;1H4;. The van der Waals surface area contributed by atoms with Gasteiger partial charge in [-0.15, -0.1) is 0 Å². The third-order valence-electron chi connectivity index (χ3n) is 0. The van der Waals surface area contributed by atoms with Crippen molar-refractivity contribution >= 4 is 48.8 Å². The van der Waals surface area contributed by atoms with Crippen molar-refractivity contribution in [1.82, 2.24) is 0 Å². The van der Waals surface area contributed by atoms with Crippen LogP contribution >= 0.6 is 37.2 Å². The second-order valence-electron chi connectivity index (χ2n) is 1.82. The van der Waals surface area contributed by atoms with Crippen molar-refractivity contribution in [3.63, 3.8) is 0 Å². The normalized spacial score (nSPS) is 5.27. The lowest BCUT2D eigenvalue weighted by atomic mass is 10.6. The lowest BCUT2D eigenvalue weighted by Gasteiger charge is -1.56. The van der Waals surface area contributed by atoms with E-state index in [0.29, 0.717) is 0 Å². The van der Waals surface area contributed by atoms with Crippen molar-refractivity contribution in [2.24, 2.45) is 0 Å². The maximum absolute atomic E-state index is 9.44. The third kappa shape index (κ3) is 1310. The molecule has 0 aliphatic rings. The van der Waals surface area contributed by atoms with E-state index in [0.717, 1.165) is 0 Å². The van der Waals surface area contributed by atoms with Gasteiger partial charge in [0.05, 0.1) is 0 Å². The lowest BCUT2D eigenvalue weighted by Crippen LogP contribution is -1.69. The molecular formula is C7H16I2O2. The first-order valence-electron chi connectivity index (χ1n) is 2.55. The average Bonchev–Trinajstić information content (AvgIpc) is 1.66. The molecule has 0 aliphatic carbocycles. The van der Waals surface area contributed by atoms with Gasteiger partial charge in [0.1, 0.15) is 11.6 Å². The summed E-state index contributed by atoms with van der Waals surface area (Å²) < 4.78 is 0. The van der Waals surface area contributed by atoms with E-state index in [1.54, 1.807) is 0 Å². The molecule has 0 unspecified atom stereocenters. The Morgan fingerprint density at radius 3 is 0.818 bits per heavy atom. The van der Waals surface area contributed by atoms with Crippen molar-refractivity contribution in [2.75, 3.05) is 0 Å². The number of hydrogen-bond donors (Lipinski definition) is 0. The molecule has 0 amide bonds. The largest absolute Gasteiger partial charge is 0.300 e. The molecule has 0 aromatic carbocycles. The first-order chi connectivity index (χ1) is 4.46. The summed E-state index contributed by atoms with van der Waals surface area (Å²) in [4.78, 5) is 18.9. The molecule has 4 heteroatoms. The zero-order chi connectivity index (χ0) is 9.15. The number of carbonyl (C=O) groups is 2. The van der Waals surface area contributed by atoms with Crippen LogP contribution in [0, 0.1) is 0 Å². The van der Waals surface area contributed by atoms with Crippen LogP contribution < -0.4 is 0 Å². The minimum Gasteiger partial charge on any atom is -0.300 e. The van der Waals surface area contributed by atoms with Crippen LogP contribution in [0.2, 0.25) is 0 Å². The summed E-state index contributed by atoms with van der Waals surface area (Å²) in [7, 11) is 0. The van der Waals surface area contributed by atoms with Crippen LogP contribution in [0.1, 0.15) is 35.1 Å². The minimum absolute atomic E-state index is 0. The van der Waals surface area contributed by atoms with Crippen LogP contribution in [0.25, 0.3) is 0 Å². The molecular weight excluding hydrogens is 370 g/mol. The topological polar surface area (TPSA) is 34.1 Å². The van der Waals surface area contributed by atoms with E-state index < -0.39 is 0 Å². The van der Waals surface area contributed by atoms with Gasteiger partial charge in [0.15, 0.2) is 0 Å². The highest BCUT2D eigenvalue weighted by Crippen LogP contribution is 1.89. The number of rotatable bonds is 0. The van der Waals surface area contributed by atoms with Crippen molar-refractivity contribution in [1.29, 1.82) is 0 Å². The van der Waals surface area contributed by atoms with Crippen molar-refractivity contribution in [2.45, 2.75) is 35.1 Å². The van der Waals surface area contributed by atoms with Gasteiger partial charge in [-0.3, -0.25) is 0 Å². The van der Waals surface area contributed by atoms with E-state index in [1.807, 2.05) is 0 Å². The minimum atomic E-state index is 0. The Hall–Kier alpha value is 0.800. The van der Waals surface area contributed by atoms with Crippen molar-refractivity contribution in [3.8, 4) is 0 Å². The summed E-state index contributed by atoms with van der Waals surface area (Å²) in [6, 6.07) is 0. The highest BCUT2D eigenvalue weighted by atomic mass is 128. The Balaban J connectivity index is -0.0000000339. The highest BCUT2D eigenvalue weighted by Gasteiger charge is 1.62. The van der Waals surface area contributed by atoms with Gasteiger partial charge in [-0.1, -0.05) is 7.43 Å². The molecule has 2 nitrogen and oxygen atoms in total. The first-order valence-corrected chi connectivity index (χ1v) is 8.84. The molecule has 0 saturated carbocycles. The van der Waals surface area contributed by atoms with Crippen LogP contribution in [0.5, 0.6) is 0 Å². The molecule has 0 aliphatic heterocycles. The number of ketones is 2. The smallest absolute Gasteiger partial charge is 0.126 e. The van der Waals surface area contributed by atoms with Crippen molar-refractivity contribution < 1.29 is 9.59 Å². The molecule has 0 saturated heterocycles. The number of carbonyl (C=O) groups excluding carboxylic acids is 2. The molecule has 11 heavy (non-hydrogen) atoms. The highest BCUT2D eigenvalue weighted by molar-refractivity contribution is 15.0. The summed E-state index contributed by atoms with van der Waals surface area (Å²) in [5, 5.41) is 0. The van der Waals surface area contributed by atoms with Gasteiger partial charge in [-0.25, -0.2) is 0 Å². The van der Waals surface area contributed by atoms with Gasteiger partial charge in [-0.05, 0) is 27.7 Å². The number of Topliss-reactive ketones (excluding diaryl/α,β-unsaturated/α-hetero) is 2. The molecule has 0 N–H and O–H groups in total. The summed E-state index contributed by atoms with van der Waals surface area (Å²) >= 11 is 4.24.